The molecule has 0 spiro atoms. The van der Waals surface area contributed by atoms with E-state index in [4.69, 9.17) is 0 Å². The summed E-state index contributed by atoms with van der Waals surface area (Å²) in [6.45, 7) is 6.85. The van der Waals surface area contributed by atoms with Crippen LogP contribution in [0, 0.1) is 23.2 Å². The predicted octanol–water partition coefficient (Wildman–Crippen LogP) is 4.24. The molecule has 1 nitrogen and oxygen atoms in total. The molecule has 3 unspecified atom stereocenters. The maximum absolute atomic E-state index is 9.17. The van der Waals surface area contributed by atoms with E-state index in [1.54, 1.807) is 0 Å². The smallest absolute Gasteiger partial charge is 0.0667 e. The van der Waals surface area contributed by atoms with Crippen molar-refractivity contribution < 1.29 is 0 Å². The fraction of sp³-hybridized carbons (Fsp3) is 0.923. The van der Waals surface area contributed by atoms with Crippen molar-refractivity contribution in [1.82, 2.24) is 0 Å². The topological polar surface area (TPSA) is 23.8 Å². The van der Waals surface area contributed by atoms with Gasteiger partial charge in [0.25, 0.3) is 0 Å². The van der Waals surface area contributed by atoms with Crippen LogP contribution in [-0.2, 0) is 0 Å². The molecule has 0 aliphatic heterocycles. The van der Waals surface area contributed by atoms with E-state index in [0.717, 1.165) is 12.3 Å². The van der Waals surface area contributed by atoms with E-state index in [9.17, 15) is 5.26 Å². The monoisotopic (exact) mass is 225 g/mol. The molecular weight excluding hydrogens is 202 g/mol. The molecule has 2 heteroatoms. The third-order valence-electron chi connectivity index (χ3n) is 3.45. The summed E-state index contributed by atoms with van der Waals surface area (Å²) in [5.74, 6) is 1.02. The van der Waals surface area contributed by atoms with E-state index >= 15 is 0 Å². The third kappa shape index (κ3) is 4.07. The molecule has 0 amide bonds. The van der Waals surface area contributed by atoms with Crippen LogP contribution in [0.15, 0.2) is 0 Å². The average molecular weight is 225 g/mol. The van der Waals surface area contributed by atoms with Crippen LogP contribution in [0.5, 0.6) is 0 Å². The molecule has 0 heterocycles. The van der Waals surface area contributed by atoms with Crippen molar-refractivity contribution in [3.05, 3.63) is 0 Å². The van der Waals surface area contributed by atoms with E-state index in [2.05, 4.69) is 38.6 Å². The summed E-state index contributed by atoms with van der Waals surface area (Å²) in [5.41, 5.74) is 0. The fourth-order valence-corrected chi connectivity index (χ4v) is 3.57. The van der Waals surface area contributed by atoms with Gasteiger partial charge in [-0.25, -0.2) is 0 Å². The van der Waals surface area contributed by atoms with E-state index in [-0.39, 0.29) is 0 Å². The Morgan fingerprint density at radius 2 is 1.80 bits per heavy atom. The number of rotatable bonds is 3. The van der Waals surface area contributed by atoms with Crippen LogP contribution in [0.3, 0.4) is 0 Å². The normalized spacial score (nSPS) is 29.5. The van der Waals surface area contributed by atoms with E-state index in [0.29, 0.717) is 16.4 Å². The van der Waals surface area contributed by atoms with Crippen molar-refractivity contribution in [1.29, 1.82) is 5.26 Å². The summed E-state index contributed by atoms with van der Waals surface area (Å²) in [5, 5.41) is 10.5. The second-order valence-electron chi connectivity index (χ2n) is 5.00. The summed E-state index contributed by atoms with van der Waals surface area (Å²) in [6.07, 6.45) is 6.27. The third-order valence-corrected chi connectivity index (χ3v) is 5.33. The minimum Gasteiger partial charge on any atom is -0.198 e. The van der Waals surface area contributed by atoms with Crippen LogP contribution in [0.1, 0.15) is 52.9 Å². The lowest BCUT2D eigenvalue weighted by molar-refractivity contribution is 0.574. The van der Waals surface area contributed by atoms with Gasteiger partial charge in [0.15, 0.2) is 0 Å². The molecule has 0 N–H and O–H groups in total. The Balaban J connectivity index is 2.52. The highest BCUT2D eigenvalue weighted by Crippen LogP contribution is 2.36. The summed E-state index contributed by atoms with van der Waals surface area (Å²) < 4.78 is 0. The van der Waals surface area contributed by atoms with Crippen molar-refractivity contribution in [2.75, 3.05) is 0 Å². The summed E-state index contributed by atoms with van der Waals surface area (Å²) in [4.78, 5) is 0. The Morgan fingerprint density at radius 3 is 2.40 bits per heavy atom. The predicted molar refractivity (Wildman–Crippen MR) is 67.9 cm³/mol. The molecular formula is C13H23NS. The van der Waals surface area contributed by atoms with Gasteiger partial charge in [-0.2, -0.15) is 17.0 Å². The molecule has 0 aromatic carbocycles. The highest BCUT2D eigenvalue weighted by atomic mass is 32.2. The van der Waals surface area contributed by atoms with Gasteiger partial charge in [-0.1, -0.05) is 40.0 Å². The molecule has 0 aromatic heterocycles. The first-order valence-electron chi connectivity index (χ1n) is 6.20. The Hall–Kier alpha value is -0.160. The SMILES string of the molecule is CC(C)C(C)SC1CCCCCC1C#N. The first-order chi connectivity index (χ1) is 7.15. The van der Waals surface area contributed by atoms with Gasteiger partial charge in [0.2, 0.25) is 0 Å². The van der Waals surface area contributed by atoms with Gasteiger partial charge in [0.05, 0.1) is 12.0 Å². The zero-order valence-electron chi connectivity index (χ0n) is 10.2. The Morgan fingerprint density at radius 1 is 1.13 bits per heavy atom. The van der Waals surface area contributed by atoms with Gasteiger partial charge in [-0.15, -0.1) is 0 Å². The largest absolute Gasteiger partial charge is 0.198 e. The molecule has 0 aromatic rings. The van der Waals surface area contributed by atoms with Gasteiger partial charge >= 0.3 is 0 Å². The Labute approximate surface area is 98.6 Å². The van der Waals surface area contributed by atoms with Gasteiger partial charge in [-0.05, 0) is 18.8 Å². The van der Waals surface area contributed by atoms with Crippen LogP contribution in [-0.4, -0.2) is 10.5 Å². The molecule has 1 aliphatic rings. The van der Waals surface area contributed by atoms with Gasteiger partial charge < -0.3 is 0 Å². The first-order valence-corrected chi connectivity index (χ1v) is 7.14. The van der Waals surface area contributed by atoms with Crippen LogP contribution in [0.25, 0.3) is 0 Å². The number of nitriles is 1. The molecule has 1 saturated carbocycles. The maximum Gasteiger partial charge on any atom is 0.0667 e. The second-order valence-corrected chi connectivity index (χ2v) is 6.62. The minimum absolute atomic E-state index is 0.304. The van der Waals surface area contributed by atoms with Crippen LogP contribution in [0.4, 0.5) is 0 Å². The van der Waals surface area contributed by atoms with E-state index in [1.165, 1.54) is 25.7 Å². The van der Waals surface area contributed by atoms with E-state index in [1.807, 2.05) is 0 Å². The van der Waals surface area contributed by atoms with Crippen molar-refractivity contribution in [3.8, 4) is 6.07 Å². The van der Waals surface area contributed by atoms with Gasteiger partial charge in [0, 0.05) is 10.5 Å². The number of hydrogen-bond acceptors (Lipinski definition) is 2. The van der Waals surface area contributed by atoms with E-state index < -0.39 is 0 Å². The lowest BCUT2D eigenvalue weighted by Crippen LogP contribution is -2.19. The minimum atomic E-state index is 0.304. The molecule has 1 aliphatic carbocycles. The molecule has 86 valence electrons. The molecule has 1 fully saturated rings. The highest BCUT2D eigenvalue weighted by Gasteiger charge is 2.26. The van der Waals surface area contributed by atoms with Crippen LogP contribution >= 0.6 is 11.8 Å². The molecule has 0 saturated heterocycles. The van der Waals surface area contributed by atoms with Crippen molar-refractivity contribution in [3.63, 3.8) is 0 Å². The summed E-state index contributed by atoms with van der Waals surface area (Å²) >= 11 is 2.05. The quantitative estimate of drug-likeness (QED) is 0.671. The summed E-state index contributed by atoms with van der Waals surface area (Å²) in [6, 6.07) is 2.52. The van der Waals surface area contributed by atoms with Crippen molar-refractivity contribution in [2.24, 2.45) is 11.8 Å². The number of thioether (sulfide) groups is 1. The fourth-order valence-electron chi connectivity index (χ4n) is 2.02. The molecule has 0 radical (unpaired) electrons. The molecule has 3 atom stereocenters. The molecule has 15 heavy (non-hydrogen) atoms. The van der Waals surface area contributed by atoms with Gasteiger partial charge in [0.1, 0.15) is 0 Å². The summed E-state index contributed by atoms with van der Waals surface area (Å²) in [7, 11) is 0. The second kappa shape index (κ2) is 6.43. The standard InChI is InChI=1S/C13H23NS/c1-10(2)11(3)15-13-8-6-4-5-7-12(13)9-14/h10-13H,4-8H2,1-3H3. The zero-order valence-corrected chi connectivity index (χ0v) is 11.0. The lowest BCUT2D eigenvalue weighted by atomic mass is 10.0. The Bertz CT molecular complexity index is 219. The lowest BCUT2D eigenvalue weighted by Gasteiger charge is -2.24. The van der Waals surface area contributed by atoms with Crippen molar-refractivity contribution >= 4 is 11.8 Å². The van der Waals surface area contributed by atoms with Crippen LogP contribution in [0.2, 0.25) is 0 Å². The van der Waals surface area contributed by atoms with Crippen LogP contribution < -0.4 is 0 Å². The zero-order chi connectivity index (χ0) is 11.3. The Kier molecular flexibility index (Phi) is 5.53. The highest BCUT2D eigenvalue weighted by molar-refractivity contribution is 8.00. The number of nitrogens with zero attached hydrogens (tertiary/aromatic N) is 1. The molecule has 1 rings (SSSR count). The maximum atomic E-state index is 9.17. The van der Waals surface area contributed by atoms with Crippen molar-refractivity contribution in [2.45, 2.75) is 63.4 Å². The number of hydrogen-bond donors (Lipinski definition) is 0. The first kappa shape index (κ1) is 12.9. The van der Waals surface area contributed by atoms with Gasteiger partial charge in [-0.3, -0.25) is 0 Å². The molecule has 0 bridgehead atoms. The average Bonchev–Trinajstić information content (AvgIpc) is 2.42.